The van der Waals surface area contributed by atoms with Crippen molar-refractivity contribution >= 4 is 18.0 Å². The van der Waals surface area contributed by atoms with Gasteiger partial charge in [0.05, 0.1) is 18.9 Å². The summed E-state index contributed by atoms with van der Waals surface area (Å²) in [6.45, 7) is 2.62. The highest BCUT2D eigenvalue weighted by Crippen LogP contribution is 2.14. The van der Waals surface area contributed by atoms with Crippen molar-refractivity contribution in [1.82, 2.24) is 5.43 Å². The fourth-order valence-electron chi connectivity index (χ4n) is 1.65. The van der Waals surface area contributed by atoms with Crippen molar-refractivity contribution in [2.24, 2.45) is 5.10 Å². The Morgan fingerprint density at radius 1 is 1.35 bits per heavy atom. The van der Waals surface area contributed by atoms with Gasteiger partial charge in [0.15, 0.2) is 5.76 Å². The highest BCUT2D eigenvalue weighted by molar-refractivity contribution is 5.94. The molecule has 0 fully saturated rings. The second-order valence-electron chi connectivity index (χ2n) is 4.51. The first-order chi connectivity index (χ1) is 11.1. The number of hydrogen-bond donors (Lipinski definition) is 1. The standard InChI is InChI=1S/C15H15N3O5/c1-2-9-22-12-5-3-11(4-6-12)15(19)17-16-10-13-7-8-14(23-13)18(20)21/h3-8,10H,2,9H2,1H3,(H,17,19)/b16-10+. The lowest BCUT2D eigenvalue weighted by Gasteiger charge is -2.05. The maximum absolute atomic E-state index is 11.9. The van der Waals surface area contributed by atoms with Crippen LogP contribution in [0.1, 0.15) is 29.5 Å². The van der Waals surface area contributed by atoms with Gasteiger partial charge < -0.3 is 9.15 Å². The molecule has 0 saturated carbocycles. The van der Waals surface area contributed by atoms with Crippen molar-refractivity contribution < 1.29 is 18.9 Å². The summed E-state index contributed by atoms with van der Waals surface area (Å²) in [5.41, 5.74) is 2.72. The van der Waals surface area contributed by atoms with Gasteiger partial charge >= 0.3 is 5.88 Å². The number of furan rings is 1. The molecule has 1 aromatic carbocycles. The third-order valence-corrected chi connectivity index (χ3v) is 2.74. The second-order valence-corrected chi connectivity index (χ2v) is 4.51. The van der Waals surface area contributed by atoms with Crippen LogP contribution in [0.2, 0.25) is 0 Å². The van der Waals surface area contributed by atoms with E-state index in [0.717, 1.165) is 6.42 Å². The highest BCUT2D eigenvalue weighted by Gasteiger charge is 2.10. The molecule has 2 aromatic rings. The molecular formula is C15H15N3O5. The van der Waals surface area contributed by atoms with E-state index in [1.165, 1.54) is 18.3 Å². The minimum Gasteiger partial charge on any atom is -0.494 e. The first-order valence-corrected chi connectivity index (χ1v) is 6.90. The van der Waals surface area contributed by atoms with Crippen molar-refractivity contribution in [3.8, 4) is 5.75 Å². The minimum absolute atomic E-state index is 0.167. The van der Waals surface area contributed by atoms with Crippen LogP contribution in [0.15, 0.2) is 45.9 Å². The zero-order valence-electron chi connectivity index (χ0n) is 12.4. The number of amides is 1. The van der Waals surface area contributed by atoms with Crippen molar-refractivity contribution in [2.45, 2.75) is 13.3 Å². The van der Waals surface area contributed by atoms with E-state index in [0.29, 0.717) is 17.9 Å². The van der Waals surface area contributed by atoms with Crippen molar-refractivity contribution in [3.05, 3.63) is 57.8 Å². The van der Waals surface area contributed by atoms with Crippen LogP contribution in [-0.2, 0) is 0 Å². The first-order valence-electron chi connectivity index (χ1n) is 6.90. The van der Waals surface area contributed by atoms with Gasteiger partial charge in [0.25, 0.3) is 5.91 Å². The molecule has 120 valence electrons. The van der Waals surface area contributed by atoms with Crippen LogP contribution >= 0.6 is 0 Å². The van der Waals surface area contributed by atoms with E-state index in [-0.39, 0.29) is 11.6 Å². The Kier molecular flexibility index (Phi) is 5.45. The van der Waals surface area contributed by atoms with Crippen LogP contribution in [0.3, 0.4) is 0 Å². The fraction of sp³-hybridized carbons (Fsp3) is 0.200. The summed E-state index contributed by atoms with van der Waals surface area (Å²) < 4.78 is 10.3. The average molecular weight is 317 g/mol. The molecule has 8 heteroatoms. The lowest BCUT2D eigenvalue weighted by atomic mass is 10.2. The van der Waals surface area contributed by atoms with E-state index in [1.807, 2.05) is 6.92 Å². The second kappa shape index (κ2) is 7.74. The number of nitrogens with zero attached hydrogens (tertiary/aromatic N) is 2. The number of rotatable bonds is 7. The fourth-order valence-corrected chi connectivity index (χ4v) is 1.65. The monoisotopic (exact) mass is 317 g/mol. The lowest BCUT2D eigenvalue weighted by Crippen LogP contribution is -2.17. The number of carbonyl (C=O) groups is 1. The van der Waals surface area contributed by atoms with Crippen LogP contribution in [0.4, 0.5) is 5.88 Å². The van der Waals surface area contributed by atoms with E-state index >= 15 is 0 Å². The summed E-state index contributed by atoms with van der Waals surface area (Å²) in [6.07, 6.45) is 2.09. The Bertz CT molecular complexity index is 706. The largest absolute Gasteiger partial charge is 0.494 e. The van der Waals surface area contributed by atoms with Gasteiger partial charge in [-0.05, 0) is 36.8 Å². The average Bonchev–Trinajstić information content (AvgIpc) is 3.02. The van der Waals surface area contributed by atoms with Gasteiger partial charge in [-0.25, -0.2) is 5.43 Å². The molecule has 0 atom stereocenters. The molecule has 8 nitrogen and oxygen atoms in total. The molecule has 0 spiro atoms. The van der Waals surface area contributed by atoms with Crippen molar-refractivity contribution in [1.29, 1.82) is 0 Å². The Morgan fingerprint density at radius 2 is 2.09 bits per heavy atom. The Labute approximate surface area is 131 Å². The molecule has 0 radical (unpaired) electrons. The number of nitro groups is 1. The maximum Gasteiger partial charge on any atom is 0.433 e. The predicted octanol–water partition coefficient (Wildman–Crippen LogP) is 2.74. The van der Waals surface area contributed by atoms with Gasteiger partial charge in [0.1, 0.15) is 10.7 Å². The van der Waals surface area contributed by atoms with Gasteiger partial charge in [-0.15, -0.1) is 0 Å². The van der Waals surface area contributed by atoms with Crippen LogP contribution < -0.4 is 10.2 Å². The topological polar surface area (TPSA) is 107 Å². The molecule has 23 heavy (non-hydrogen) atoms. The van der Waals surface area contributed by atoms with Gasteiger partial charge in [-0.3, -0.25) is 14.9 Å². The molecular weight excluding hydrogens is 302 g/mol. The Morgan fingerprint density at radius 3 is 2.70 bits per heavy atom. The molecule has 1 N–H and O–H groups in total. The van der Waals surface area contributed by atoms with Crippen LogP contribution in [-0.4, -0.2) is 23.7 Å². The van der Waals surface area contributed by atoms with Crippen LogP contribution in [0.5, 0.6) is 5.75 Å². The van der Waals surface area contributed by atoms with E-state index in [1.54, 1.807) is 24.3 Å². The number of hydrogen-bond acceptors (Lipinski definition) is 6. The molecule has 1 aromatic heterocycles. The smallest absolute Gasteiger partial charge is 0.433 e. The number of carbonyl (C=O) groups excluding carboxylic acids is 1. The summed E-state index contributed by atoms with van der Waals surface area (Å²) in [4.78, 5) is 21.7. The zero-order valence-corrected chi connectivity index (χ0v) is 12.4. The molecule has 0 aliphatic rings. The summed E-state index contributed by atoms with van der Waals surface area (Å²) in [7, 11) is 0. The Balaban J connectivity index is 1.90. The lowest BCUT2D eigenvalue weighted by molar-refractivity contribution is -0.402. The molecule has 0 unspecified atom stereocenters. The summed E-state index contributed by atoms with van der Waals surface area (Å²) >= 11 is 0. The maximum atomic E-state index is 11.9. The van der Waals surface area contributed by atoms with Gasteiger partial charge in [0.2, 0.25) is 0 Å². The molecule has 0 aliphatic heterocycles. The molecule has 2 rings (SSSR count). The van der Waals surface area contributed by atoms with Crippen molar-refractivity contribution in [3.63, 3.8) is 0 Å². The third-order valence-electron chi connectivity index (χ3n) is 2.74. The van der Waals surface area contributed by atoms with Gasteiger partial charge in [-0.1, -0.05) is 6.92 Å². The molecule has 1 heterocycles. The number of benzene rings is 1. The summed E-state index contributed by atoms with van der Waals surface area (Å²) in [5.74, 6) is 0.0555. The SMILES string of the molecule is CCCOc1ccc(C(=O)N/N=C/c2ccc([N+](=O)[O-])o2)cc1. The normalized spacial score (nSPS) is 10.7. The van der Waals surface area contributed by atoms with Gasteiger partial charge in [-0.2, -0.15) is 5.10 Å². The minimum atomic E-state index is -0.655. The molecule has 0 aliphatic carbocycles. The highest BCUT2D eigenvalue weighted by atomic mass is 16.6. The molecule has 0 bridgehead atoms. The van der Waals surface area contributed by atoms with Crippen LogP contribution in [0, 0.1) is 10.1 Å². The first kappa shape index (κ1) is 16.2. The van der Waals surface area contributed by atoms with Gasteiger partial charge in [0, 0.05) is 5.56 Å². The number of ether oxygens (including phenoxy) is 1. The molecule has 0 saturated heterocycles. The Hall–Kier alpha value is -3.16. The number of hydrazone groups is 1. The van der Waals surface area contributed by atoms with E-state index < -0.39 is 10.8 Å². The third kappa shape index (κ3) is 4.67. The molecule has 1 amide bonds. The summed E-state index contributed by atoms with van der Waals surface area (Å²) in [5, 5.41) is 14.2. The number of nitrogens with one attached hydrogen (secondary N) is 1. The van der Waals surface area contributed by atoms with E-state index in [4.69, 9.17) is 9.15 Å². The van der Waals surface area contributed by atoms with E-state index in [9.17, 15) is 14.9 Å². The quantitative estimate of drug-likeness (QED) is 0.480. The predicted molar refractivity (Wildman–Crippen MR) is 82.7 cm³/mol. The zero-order chi connectivity index (χ0) is 16.7. The van der Waals surface area contributed by atoms with Crippen LogP contribution in [0.25, 0.3) is 0 Å². The van der Waals surface area contributed by atoms with E-state index in [2.05, 4.69) is 10.5 Å². The summed E-state index contributed by atoms with van der Waals surface area (Å²) in [6, 6.07) is 9.22. The van der Waals surface area contributed by atoms with Crippen molar-refractivity contribution in [2.75, 3.05) is 6.61 Å².